The highest BCUT2D eigenvalue weighted by Gasteiger charge is 2.51. The molecule has 5 nitrogen and oxygen atoms in total. The molecule has 0 aromatic heterocycles. The van der Waals surface area contributed by atoms with Gasteiger partial charge in [-0.15, -0.1) is 0 Å². The number of piperidine rings is 1. The van der Waals surface area contributed by atoms with E-state index >= 15 is 0 Å². The third-order valence-corrected chi connectivity index (χ3v) is 6.33. The number of nitrogens with zero attached hydrogens (tertiary/aromatic N) is 2. The predicted octanol–water partition coefficient (Wildman–Crippen LogP) is 7.14. The van der Waals surface area contributed by atoms with Crippen molar-refractivity contribution in [3.05, 3.63) is 70.5 Å². The Labute approximate surface area is 221 Å². The summed E-state index contributed by atoms with van der Waals surface area (Å²) in [5.41, 5.74) is -5.82. The molecule has 39 heavy (non-hydrogen) atoms. The SMILES string of the molecule is CN(Cc1cc(C(F)(F)F)cc(C(F)(F)F)c1)C(=O)C1(c2ccc(F)cc2)CCCCN1C(=O)OC(C)(C)C. The first-order valence-electron chi connectivity index (χ1n) is 12.2. The van der Waals surface area contributed by atoms with Crippen molar-refractivity contribution in [2.24, 2.45) is 0 Å². The van der Waals surface area contributed by atoms with Crippen LogP contribution in [0.15, 0.2) is 42.5 Å². The van der Waals surface area contributed by atoms with Gasteiger partial charge < -0.3 is 9.64 Å². The van der Waals surface area contributed by atoms with Crippen LogP contribution < -0.4 is 0 Å². The summed E-state index contributed by atoms with van der Waals surface area (Å²) in [6, 6.07) is 5.98. The van der Waals surface area contributed by atoms with E-state index in [1.54, 1.807) is 20.8 Å². The van der Waals surface area contributed by atoms with Gasteiger partial charge in [-0.3, -0.25) is 9.69 Å². The van der Waals surface area contributed by atoms with Crippen molar-refractivity contribution >= 4 is 12.0 Å². The molecule has 1 atom stereocenters. The molecular weight excluding hydrogens is 533 g/mol. The standard InChI is InChI=1S/C27H29F7N2O3/c1-24(2,3)39-23(38)36-12-6-5-11-25(36,18-7-9-21(28)10-8-18)22(37)35(4)16-17-13-19(26(29,30)31)15-20(14-17)27(32,33)34/h7-10,13-15H,5-6,11-12,16H2,1-4H3. The van der Waals surface area contributed by atoms with Gasteiger partial charge >= 0.3 is 18.4 Å². The fraction of sp³-hybridized carbons (Fsp3) is 0.481. The van der Waals surface area contributed by atoms with Crippen LogP contribution in [-0.2, 0) is 34.0 Å². The van der Waals surface area contributed by atoms with Crippen molar-refractivity contribution < 1.29 is 45.1 Å². The summed E-state index contributed by atoms with van der Waals surface area (Å²) in [4.78, 5) is 29.5. The number of benzene rings is 2. The van der Waals surface area contributed by atoms with Crippen molar-refractivity contribution in [2.75, 3.05) is 13.6 Å². The topological polar surface area (TPSA) is 49.9 Å². The van der Waals surface area contributed by atoms with Crippen molar-refractivity contribution in [1.29, 1.82) is 0 Å². The Morgan fingerprint density at radius 2 is 1.46 bits per heavy atom. The average Bonchev–Trinajstić information content (AvgIpc) is 2.81. The van der Waals surface area contributed by atoms with Crippen LogP contribution in [0.1, 0.15) is 62.3 Å². The Bertz CT molecular complexity index is 1170. The van der Waals surface area contributed by atoms with Gasteiger partial charge in [0.05, 0.1) is 11.1 Å². The summed E-state index contributed by atoms with van der Waals surface area (Å²) in [5.74, 6) is -1.36. The molecule has 0 radical (unpaired) electrons. The second-order valence-electron chi connectivity index (χ2n) is 10.5. The minimum absolute atomic E-state index is 0.0106. The van der Waals surface area contributed by atoms with Crippen LogP contribution in [-0.4, -0.2) is 41.0 Å². The van der Waals surface area contributed by atoms with E-state index < -0.39 is 64.5 Å². The number of likely N-dealkylation sites (tertiary alicyclic amines) is 1. The van der Waals surface area contributed by atoms with E-state index in [2.05, 4.69) is 0 Å². The average molecular weight is 563 g/mol. The number of carbonyl (C=O) groups excluding carboxylic acids is 2. The van der Waals surface area contributed by atoms with E-state index in [4.69, 9.17) is 4.74 Å². The first-order chi connectivity index (χ1) is 17.8. The van der Waals surface area contributed by atoms with Crippen LogP contribution >= 0.6 is 0 Å². The van der Waals surface area contributed by atoms with Gasteiger partial charge in [0.1, 0.15) is 11.4 Å². The number of hydrogen-bond acceptors (Lipinski definition) is 3. The van der Waals surface area contributed by atoms with Gasteiger partial charge in [-0.2, -0.15) is 26.3 Å². The molecule has 1 fully saturated rings. The molecule has 1 unspecified atom stereocenters. The molecule has 2 aromatic rings. The predicted molar refractivity (Wildman–Crippen MR) is 128 cm³/mol. The molecule has 0 aliphatic carbocycles. The Hall–Kier alpha value is -3.31. The maximum absolute atomic E-state index is 14.1. The lowest BCUT2D eigenvalue weighted by Gasteiger charge is -2.47. The fourth-order valence-corrected chi connectivity index (χ4v) is 4.68. The quantitative estimate of drug-likeness (QED) is 0.373. The first-order valence-corrected chi connectivity index (χ1v) is 12.2. The lowest BCUT2D eigenvalue weighted by Crippen LogP contribution is -2.61. The van der Waals surface area contributed by atoms with Gasteiger partial charge in [0.25, 0.3) is 5.91 Å². The van der Waals surface area contributed by atoms with Crippen molar-refractivity contribution in [3.8, 4) is 0 Å². The van der Waals surface area contributed by atoms with E-state index in [-0.39, 0.29) is 24.6 Å². The lowest BCUT2D eigenvalue weighted by molar-refractivity contribution is -0.147. The molecule has 12 heteroatoms. The van der Waals surface area contributed by atoms with Gasteiger partial charge in [0, 0.05) is 20.1 Å². The van der Waals surface area contributed by atoms with Crippen LogP contribution in [0.2, 0.25) is 0 Å². The molecule has 0 spiro atoms. The number of hydrogen-bond donors (Lipinski definition) is 0. The minimum atomic E-state index is -5.05. The van der Waals surface area contributed by atoms with Crippen molar-refractivity contribution in [2.45, 2.75) is 70.1 Å². The summed E-state index contributed by atoms with van der Waals surface area (Å²) in [7, 11) is 1.23. The second kappa shape index (κ2) is 10.7. The van der Waals surface area contributed by atoms with Gasteiger partial charge in [-0.1, -0.05) is 12.1 Å². The van der Waals surface area contributed by atoms with Crippen LogP contribution in [0.4, 0.5) is 35.5 Å². The number of likely N-dealkylation sites (N-methyl/N-ethyl adjacent to an activating group) is 1. The van der Waals surface area contributed by atoms with Crippen molar-refractivity contribution in [1.82, 2.24) is 9.80 Å². The molecule has 2 aromatic carbocycles. The van der Waals surface area contributed by atoms with E-state index in [9.17, 15) is 40.3 Å². The third-order valence-electron chi connectivity index (χ3n) is 6.33. The molecule has 0 N–H and O–H groups in total. The molecule has 0 bridgehead atoms. The Morgan fingerprint density at radius 1 is 0.923 bits per heavy atom. The molecule has 1 heterocycles. The zero-order valence-electron chi connectivity index (χ0n) is 21.8. The van der Waals surface area contributed by atoms with E-state index in [1.807, 2.05) is 0 Å². The number of halogens is 7. The molecule has 0 saturated carbocycles. The summed E-state index contributed by atoms with van der Waals surface area (Å²) >= 11 is 0. The lowest BCUT2D eigenvalue weighted by atomic mass is 9.79. The smallest absolute Gasteiger partial charge is 0.416 e. The summed E-state index contributed by atoms with van der Waals surface area (Å²) in [6.07, 6.45) is -9.86. The molecule has 1 aliphatic rings. The molecule has 1 aliphatic heterocycles. The monoisotopic (exact) mass is 562 g/mol. The normalized spacial score (nSPS) is 18.6. The summed E-state index contributed by atoms with van der Waals surface area (Å²) in [6.45, 7) is 4.38. The zero-order chi connectivity index (χ0) is 29.4. The Balaban J connectivity index is 2.09. The highest BCUT2D eigenvalue weighted by Crippen LogP contribution is 2.41. The third kappa shape index (κ3) is 6.83. The van der Waals surface area contributed by atoms with Gasteiger partial charge in [-0.25, -0.2) is 9.18 Å². The van der Waals surface area contributed by atoms with Gasteiger partial charge in [0.15, 0.2) is 5.54 Å². The number of alkyl halides is 6. The van der Waals surface area contributed by atoms with Crippen molar-refractivity contribution in [3.63, 3.8) is 0 Å². The zero-order valence-corrected chi connectivity index (χ0v) is 21.8. The molecule has 2 amide bonds. The van der Waals surface area contributed by atoms with Gasteiger partial charge in [-0.05, 0) is 81.5 Å². The van der Waals surface area contributed by atoms with Gasteiger partial charge in [0.2, 0.25) is 0 Å². The Morgan fingerprint density at radius 3 is 1.95 bits per heavy atom. The second-order valence-corrected chi connectivity index (χ2v) is 10.5. The van der Waals surface area contributed by atoms with Crippen LogP contribution in [0.25, 0.3) is 0 Å². The highest BCUT2D eigenvalue weighted by molar-refractivity contribution is 5.91. The summed E-state index contributed by atoms with van der Waals surface area (Å²) < 4.78 is 99.6. The summed E-state index contributed by atoms with van der Waals surface area (Å²) in [5, 5.41) is 0. The van der Waals surface area contributed by atoms with Crippen LogP contribution in [0, 0.1) is 5.82 Å². The maximum atomic E-state index is 14.1. The Kier molecular flexibility index (Phi) is 8.29. The maximum Gasteiger partial charge on any atom is 0.416 e. The highest BCUT2D eigenvalue weighted by atomic mass is 19.4. The van der Waals surface area contributed by atoms with E-state index in [1.165, 1.54) is 24.1 Å². The van der Waals surface area contributed by atoms with E-state index in [0.717, 1.165) is 17.0 Å². The molecule has 3 rings (SSSR count). The van der Waals surface area contributed by atoms with Crippen LogP contribution in [0.3, 0.4) is 0 Å². The van der Waals surface area contributed by atoms with E-state index in [0.29, 0.717) is 25.0 Å². The van der Waals surface area contributed by atoms with Crippen LogP contribution in [0.5, 0.6) is 0 Å². The number of carbonyl (C=O) groups is 2. The largest absolute Gasteiger partial charge is 0.444 e. The molecule has 214 valence electrons. The minimum Gasteiger partial charge on any atom is -0.444 e. The first kappa shape index (κ1) is 30.2. The molecular formula is C27H29F7N2O3. The number of amides is 2. The number of ether oxygens (including phenoxy) is 1. The number of rotatable bonds is 4. The molecule has 1 saturated heterocycles. The fourth-order valence-electron chi connectivity index (χ4n) is 4.68.